The molecule has 2 heterocycles. The fourth-order valence-corrected chi connectivity index (χ4v) is 4.03. The molecule has 1 aromatic heterocycles. The van der Waals surface area contributed by atoms with E-state index in [1.807, 2.05) is 0 Å². The molecule has 0 aromatic carbocycles. The van der Waals surface area contributed by atoms with Crippen molar-refractivity contribution in [2.75, 3.05) is 18.8 Å². The van der Waals surface area contributed by atoms with E-state index in [1.165, 1.54) is 8.99 Å². The standard InChI is InChI=1S/C10H17N5O3S/c1-6-8(9(11)13-14(6)2)19(17,18)15-4-3-7(5-15)10(12)16/h7H,3-5H2,1-2H3,(H2,11,13)(H2,12,16). The number of hydrogen-bond donors (Lipinski definition) is 2. The van der Waals surface area contributed by atoms with Gasteiger partial charge in [-0.15, -0.1) is 0 Å². The molecular formula is C10H17N5O3S. The summed E-state index contributed by atoms with van der Waals surface area (Å²) < 4.78 is 27.7. The fraction of sp³-hybridized carbons (Fsp3) is 0.600. The van der Waals surface area contributed by atoms with E-state index < -0.39 is 21.8 Å². The number of carbonyl (C=O) groups is 1. The van der Waals surface area contributed by atoms with Crippen molar-refractivity contribution in [1.82, 2.24) is 14.1 Å². The van der Waals surface area contributed by atoms with Crippen molar-refractivity contribution in [2.24, 2.45) is 18.7 Å². The van der Waals surface area contributed by atoms with Crippen LogP contribution in [-0.2, 0) is 21.9 Å². The molecule has 0 spiro atoms. The molecule has 1 aromatic rings. The van der Waals surface area contributed by atoms with Crippen LogP contribution in [-0.4, -0.2) is 41.5 Å². The van der Waals surface area contributed by atoms with E-state index in [0.29, 0.717) is 12.1 Å². The Kier molecular flexibility index (Phi) is 3.27. The van der Waals surface area contributed by atoms with Gasteiger partial charge in [0.05, 0.1) is 11.6 Å². The second-order valence-electron chi connectivity index (χ2n) is 4.67. The lowest BCUT2D eigenvalue weighted by Crippen LogP contribution is -2.32. The molecule has 1 amide bonds. The highest BCUT2D eigenvalue weighted by Crippen LogP contribution is 2.29. The number of carbonyl (C=O) groups excluding carboxylic acids is 1. The van der Waals surface area contributed by atoms with Crippen LogP contribution in [0.15, 0.2) is 4.90 Å². The van der Waals surface area contributed by atoms with E-state index in [1.54, 1.807) is 14.0 Å². The number of nitrogen functional groups attached to an aromatic ring is 1. The Hall–Kier alpha value is -1.61. The molecule has 0 saturated carbocycles. The molecule has 1 saturated heterocycles. The van der Waals surface area contributed by atoms with Gasteiger partial charge in [-0.05, 0) is 13.3 Å². The predicted octanol–water partition coefficient (Wildman–Crippen LogP) is -1.19. The van der Waals surface area contributed by atoms with Gasteiger partial charge in [0.15, 0.2) is 5.82 Å². The number of nitrogens with zero attached hydrogens (tertiary/aromatic N) is 3. The second-order valence-corrected chi connectivity index (χ2v) is 6.55. The first kappa shape index (κ1) is 13.8. The molecule has 4 N–H and O–H groups in total. The fourth-order valence-electron chi connectivity index (χ4n) is 2.24. The smallest absolute Gasteiger partial charge is 0.248 e. The van der Waals surface area contributed by atoms with Crippen molar-refractivity contribution in [3.8, 4) is 0 Å². The van der Waals surface area contributed by atoms with E-state index in [0.717, 1.165) is 0 Å². The monoisotopic (exact) mass is 287 g/mol. The molecule has 1 fully saturated rings. The van der Waals surface area contributed by atoms with Crippen molar-refractivity contribution in [3.05, 3.63) is 5.69 Å². The van der Waals surface area contributed by atoms with Gasteiger partial charge in [0.25, 0.3) is 0 Å². The summed E-state index contributed by atoms with van der Waals surface area (Å²) in [6.07, 6.45) is 0.438. The first-order valence-corrected chi connectivity index (χ1v) is 7.27. The number of nitrogens with two attached hydrogens (primary N) is 2. The maximum Gasteiger partial charge on any atom is 0.248 e. The minimum atomic E-state index is -3.73. The number of sulfonamides is 1. The minimum Gasteiger partial charge on any atom is -0.381 e. The van der Waals surface area contributed by atoms with Gasteiger partial charge in [0, 0.05) is 20.1 Å². The number of rotatable bonds is 3. The second kappa shape index (κ2) is 4.49. The van der Waals surface area contributed by atoms with Crippen LogP contribution in [0, 0.1) is 12.8 Å². The summed E-state index contributed by atoms with van der Waals surface area (Å²) >= 11 is 0. The van der Waals surface area contributed by atoms with E-state index in [9.17, 15) is 13.2 Å². The van der Waals surface area contributed by atoms with Gasteiger partial charge in [-0.2, -0.15) is 9.40 Å². The van der Waals surface area contributed by atoms with Gasteiger partial charge in [0.2, 0.25) is 15.9 Å². The average molecular weight is 287 g/mol. The van der Waals surface area contributed by atoms with Crippen LogP contribution in [0.2, 0.25) is 0 Å². The molecule has 106 valence electrons. The van der Waals surface area contributed by atoms with Crippen molar-refractivity contribution < 1.29 is 13.2 Å². The summed E-state index contributed by atoms with van der Waals surface area (Å²) in [5.41, 5.74) is 11.3. The van der Waals surface area contributed by atoms with Crippen LogP contribution in [0.1, 0.15) is 12.1 Å². The molecule has 1 atom stereocenters. The molecule has 8 nitrogen and oxygen atoms in total. The normalized spacial score (nSPS) is 20.8. The third-order valence-corrected chi connectivity index (χ3v) is 5.49. The highest BCUT2D eigenvalue weighted by Gasteiger charge is 2.37. The van der Waals surface area contributed by atoms with Crippen LogP contribution in [0.4, 0.5) is 5.82 Å². The largest absolute Gasteiger partial charge is 0.381 e. The van der Waals surface area contributed by atoms with Gasteiger partial charge in [-0.3, -0.25) is 9.48 Å². The van der Waals surface area contributed by atoms with Gasteiger partial charge >= 0.3 is 0 Å². The highest BCUT2D eigenvalue weighted by molar-refractivity contribution is 7.89. The number of aromatic nitrogens is 2. The Morgan fingerprint density at radius 1 is 1.47 bits per heavy atom. The number of hydrogen-bond acceptors (Lipinski definition) is 5. The van der Waals surface area contributed by atoms with Crippen LogP contribution in [0.3, 0.4) is 0 Å². The Balaban J connectivity index is 2.37. The van der Waals surface area contributed by atoms with Gasteiger partial charge in [0.1, 0.15) is 4.90 Å². The van der Waals surface area contributed by atoms with Crippen LogP contribution < -0.4 is 11.5 Å². The topological polar surface area (TPSA) is 124 Å². The summed E-state index contributed by atoms with van der Waals surface area (Å²) in [5, 5.41) is 3.90. The lowest BCUT2D eigenvalue weighted by atomic mass is 10.1. The maximum atomic E-state index is 12.5. The Morgan fingerprint density at radius 3 is 2.53 bits per heavy atom. The predicted molar refractivity (Wildman–Crippen MR) is 68.4 cm³/mol. The molecule has 1 aliphatic rings. The van der Waals surface area contributed by atoms with Crippen molar-refractivity contribution >= 4 is 21.7 Å². The summed E-state index contributed by atoms with van der Waals surface area (Å²) in [6, 6.07) is 0. The lowest BCUT2D eigenvalue weighted by molar-refractivity contribution is -0.121. The zero-order valence-electron chi connectivity index (χ0n) is 10.8. The van der Waals surface area contributed by atoms with Crippen LogP contribution in [0.5, 0.6) is 0 Å². The summed E-state index contributed by atoms with van der Waals surface area (Å²) in [7, 11) is -2.10. The number of primary amides is 1. The first-order valence-electron chi connectivity index (χ1n) is 5.83. The molecule has 2 rings (SSSR count). The summed E-state index contributed by atoms with van der Waals surface area (Å²) in [6.45, 7) is 2.01. The van der Waals surface area contributed by atoms with Gasteiger partial charge in [-0.25, -0.2) is 8.42 Å². The molecule has 1 unspecified atom stereocenters. The van der Waals surface area contributed by atoms with Crippen molar-refractivity contribution in [3.63, 3.8) is 0 Å². The molecule has 0 radical (unpaired) electrons. The third-order valence-electron chi connectivity index (χ3n) is 3.46. The summed E-state index contributed by atoms with van der Waals surface area (Å²) in [4.78, 5) is 11.1. The third kappa shape index (κ3) is 2.19. The average Bonchev–Trinajstić information content (AvgIpc) is 2.85. The molecular weight excluding hydrogens is 270 g/mol. The lowest BCUT2D eigenvalue weighted by Gasteiger charge is -2.16. The Labute approximate surface area is 111 Å². The minimum absolute atomic E-state index is 0.0140. The Bertz CT molecular complexity index is 621. The number of aryl methyl sites for hydroxylation is 1. The van der Waals surface area contributed by atoms with Crippen LogP contribution in [0.25, 0.3) is 0 Å². The van der Waals surface area contributed by atoms with Gasteiger partial charge < -0.3 is 11.5 Å². The SMILES string of the molecule is Cc1c(S(=O)(=O)N2CCC(C(N)=O)C2)c(N)nn1C. The quantitative estimate of drug-likeness (QED) is 0.723. The molecule has 0 aliphatic carbocycles. The molecule has 0 bridgehead atoms. The summed E-state index contributed by atoms with van der Waals surface area (Å²) in [5.74, 6) is -0.941. The van der Waals surface area contributed by atoms with Gasteiger partial charge in [-0.1, -0.05) is 0 Å². The first-order chi connectivity index (χ1) is 8.75. The van der Waals surface area contributed by atoms with E-state index in [-0.39, 0.29) is 23.8 Å². The zero-order chi connectivity index (χ0) is 14.4. The van der Waals surface area contributed by atoms with E-state index >= 15 is 0 Å². The molecule has 9 heteroatoms. The zero-order valence-corrected chi connectivity index (χ0v) is 11.6. The van der Waals surface area contributed by atoms with E-state index in [2.05, 4.69) is 5.10 Å². The van der Waals surface area contributed by atoms with Crippen molar-refractivity contribution in [1.29, 1.82) is 0 Å². The molecule has 19 heavy (non-hydrogen) atoms. The molecule has 1 aliphatic heterocycles. The highest BCUT2D eigenvalue weighted by atomic mass is 32.2. The van der Waals surface area contributed by atoms with Crippen LogP contribution >= 0.6 is 0 Å². The number of anilines is 1. The van der Waals surface area contributed by atoms with E-state index in [4.69, 9.17) is 11.5 Å². The number of amides is 1. The van der Waals surface area contributed by atoms with Crippen molar-refractivity contribution in [2.45, 2.75) is 18.2 Å². The Morgan fingerprint density at radius 2 is 2.11 bits per heavy atom. The maximum absolute atomic E-state index is 12.5.